The van der Waals surface area contributed by atoms with Crippen LogP contribution in [0.3, 0.4) is 0 Å². The van der Waals surface area contributed by atoms with E-state index < -0.39 is 0 Å². The van der Waals surface area contributed by atoms with E-state index in [9.17, 15) is 0 Å². The molecule has 1 heterocycles. The van der Waals surface area contributed by atoms with Gasteiger partial charge in [-0.15, -0.1) is 0 Å². The Morgan fingerprint density at radius 3 is 2.55 bits per heavy atom. The summed E-state index contributed by atoms with van der Waals surface area (Å²) in [6, 6.07) is 9.56. The van der Waals surface area contributed by atoms with Crippen LogP contribution in [0.15, 0.2) is 30.5 Å². The second-order valence-corrected chi connectivity index (χ2v) is 5.67. The highest BCUT2D eigenvalue weighted by Gasteiger charge is 2.06. The summed E-state index contributed by atoms with van der Waals surface area (Å²) in [5.74, 6) is 1.34. The maximum absolute atomic E-state index is 8.76. The number of rotatable bonds is 4. The molecule has 0 amide bonds. The van der Waals surface area contributed by atoms with Crippen molar-refractivity contribution < 1.29 is 0 Å². The van der Waals surface area contributed by atoms with Crippen molar-refractivity contribution in [3.8, 4) is 6.07 Å². The van der Waals surface area contributed by atoms with Crippen LogP contribution >= 0.6 is 22.6 Å². The van der Waals surface area contributed by atoms with E-state index in [1.54, 1.807) is 18.3 Å². The first-order valence-corrected chi connectivity index (χ1v) is 7.22. The van der Waals surface area contributed by atoms with Crippen molar-refractivity contribution in [3.63, 3.8) is 0 Å². The van der Waals surface area contributed by atoms with Gasteiger partial charge >= 0.3 is 0 Å². The summed E-state index contributed by atoms with van der Waals surface area (Å²) in [5, 5.41) is 15.2. The molecule has 2 N–H and O–H groups in total. The lowest BCUT2D eigenvalue weighted by Crippen LogP contribution is -2.13. The molecule has 0 aliphatic rings. The van der Waals surface area contributed by atoms with Crippen molar-refractivity contribution in [1.82, 2.24) is 9.97 Å². The molecular weight excluding hydrogens is 365 g/mol. The van der Waals surface area contributed by atoms with Crippen molar-refractivity contribution in [3.05, 3.63) is 39.6 Å². The van der Waals surface area contributed by atoms with Crippen LogP contribution in [0, 0.1) is 14.9 Å². The van der Waals surface area contributed by atoms with E-state index in [1.165, 1.54) is 0 Å². The molecule has 0 saturated heterocycles. The molecule has 0 radical (unpaired) electrons. The van der Waals surface area contributed by atoms with Crippen LogP contribution in [0.5, 0.6) is 0 Å². The quantitative estimate of drug-likeness (QED) is 0.796. The fraction of sp³-hybridized carbons (Fsp3) is 0.214. The molecular formula is C14H14IN5. The molecule has 0 bridgehead atoms. The van der Waals surface area contributed by atoms with E-state index in [2.05, 4.69) is 63.1 Å². The van der Waals surface area contributed by atoms with Gasteiger partial charge in [-0.2, -0.15) is 10.2 Å². The number of aromatic nitrogens is 2. The largest absolute Gasteiger partial charge is 0.367 e. The smallest absolute Gasteiger partial charge is 0.229 e. The minimum atomic E-state index is 0.307. The monoisotopic (exact) mass is 379 g/mol. The summed E-state index contributed by atoms with van der Waals surface area (Å²) in [4.78, 5) is 8.69. The van der Waals surface area contributed by atoms with Crippen molar-refractivity contribution in [1.29, 1.82) is 5.26 Å². The number of nitrogens with zero attached hydrogens (tertiary/aromatic N) is 3. The number of benzene rings is 1. The molecule has 5 nitrogen and oxygen atoms in total. The Kier molecular flexibility index (Phi) is 4.74. The van der Waals surface area contributed by atoms with Crippen molar-refractivity contribution in [2.24, 2.45) is 0 Å². The van der Waals surface area contributed by atoms with Crippen LogP contribution in [0.2, 0.25) is 0 Å². The predicted octanol–water partition coefficient (Wildman–Crippen LogP) is 3.52. The topological polar surface area (TPSA) is 73.6 Å². The third-order valence-corrected chi connectivity index (χ3v) is 3.23. The summed E-state index contributed by atoms with van der Waals surface area (Å²) in [7, 11) is 0. The summed E-state index contributed by atoms with van der Waals surface area (Å²) < 4.78 is 0.974. The average Bonchev–Trinajstić information content (AvgIpc) is 2.43. The fourth-order valence-corrected chi connectivity index (χ4v) is 1.97. The summed E-state index contributed by atoms with van der Waals surface area (Å²) in [5.41, 5.74) is 1.47. The highest BCUT2D eigenvalue weighted by molar-refractivity contribution is 14.1. The zero-order chi connectivity index (χ0) is 14.5. The van der Waals surface area contributed by atoms with Gasteiger partial charge in [0, 0.05) is 17.9 Å². The Hall–Kier alpha value is -1.88. The van der Waals surface area contributed by atoms with E-state index >= 15 is 0 Å². The molecule has 0 aliphatic heterocycles. The molecule has 102 valence electrons. The second-order valence-electron chi connectivity index (χ2n) is 4.50. The van der Waals surface area contributed by atoms with Gasteiger partial charge in [0.25, 0.3) is 0 Å². The lowest BCUT2D eigenvalue weighted by molar-refractivity contribution is 0.884. The third-order valence-electron chi connectivity index (χ3n) is 2.44. The van der Waals surface area contributed by atoms with Gasteiger partial charge in [-0.1, -0.05) is 0 Å². The van der Waals surface area contributed by atoms with Crippen LogP contribution < -0.4 is 10.6 Å². The maximum Gasteiger partial charge on any atom is 0.229 e. The molecule has 1 aromatic heterocycles. The fourth-order valence-electron chi connectivity index (χ4n) is 1.56. The number of nitriles is 1. The van der Waals surface area contributed by atoms with E-state index in [4.69, 9.17) is 5.26 Å². The Morgan fingerprint density at radius 2 is 1.95 bits per heavy atom. The van der Waals surface area contributed by atoms with Gasteiger partial charge in [0.15, 0.2) is 0 Å². The van der Waals surface area contributed by atoms with Gasteiger partial charge < -0.3 is 10.6 Å². The van der Waals surface area contributed by atoms with Gasteiger partial charge in [-0.3, -0.25) is 0 Å². The van der Waals surface area contributed by atoms with Crippen molar-refractivity contribution in [2.45, 2.75) is 19.9 Å². The highest BCUT2D eigenvalue weighted by Crippen LogP contribution is 2.19. The van der Waals surface area contributed by atoms with E-state index in [0.717, 1.165) is 15.1 Å². The molecule has 2 rings (SSSR count). The van der Waals surface area contributed by atoms with Gasteiger partial charge in [0.05, 0.1) is 15.2 Å². The normalized spacial score (nSPS) is 10.2. The Labute approximate surface area is 131 Å². The van der Waals surface area contributed by atoms with Crippen LogP contribution in [0.4, 0.5) is 17.5 Å². The standard InChI is InChI=1S/C14H14IN5/c1-9(2)18-13-12(15)8-17-14(20-13)19-11-5-3-10(7-16)4-6-11/h3-6,8-9H,1-2H3,(H2,17,18,19,20). The minimum absolute atomic E-state index is 0.307. The van der Waals surface area contributed by atoms with Crippen LogP contribution in [-0.2, 0) is 0 Å². The van der Waals surface area contributed by atoms with Gasteiger partial charge in [0.2, 0.25) is 5.95 Å². The molecule has 1 aromatic carbocycles. The van der Waals surface area contributed by atoms with Crippen LogP contribution in [0.25, 0.3) is 0 Å². The summed E-state index contributed by atoms with van der Waals surface area (Å²) in [6.45, 7) is 4.12. The van der Waals surface area contributed by atoms with Gasteiger partial charge in [0.1, 0.15) is 5.82 Å². The average molecular weight is 379 g/mol. The predicted molar refractivity (Wildman–Crippen MR) is 87.9 cm³/mol. The molecule has 0 spiro atoms. The Bertz CT molecular complexity index is 631. The first kappa shape index (κ1) is 14.5. The molecule has 6 heteroatoms. The molecule has 2 aromatic rings. The van der Waals surface area contributed by atoms with E-state index in [-0.39, 0.29) is 0 Å². The van der Waals surface area contributed by atoms with E-state index in [1.807, 2.05) is 12.1 Å². The zero-order valence-corrected chi connectivity index (χ0v) is 13.3. The van der Waals surface area contributed by atoms with E-state index in [0.29, 0.717) is 17.6 Å². The number of anilines is 3. The highest BCUT2D eigenvalue weighted by atomic mass is 127. The number of halogens is 1. The Balaban J connectivity index is 2.18. The van der Waals surface area contributed by atoms with Gasteiger partial charge in [-0.25, -0.2) is 4.98 Å². The number of hydrogen-bond acceptors (Lipinski definition) is 5. The van der Waals surface area contributed by atoms with Crippen molar-refractivity contribution in [2.75, 3.05) is 10.6 Å². The molecule has 0 saturated carbocycles. The molecule has 0 atom stereocenters. The zero-order valence-electron chi connectivity index (χ0n) is 11.2. The summed E-state index contributed by atoms with van der Waals surface area (Å²) >= 11 is 2.20. The maximum atomic E-state index is 8.76. The first-order valence-electron chi connectivity index (χ1n) is 6.15. The first-order chi connectivity index (χ1) is 9.58. The van der Waals surface area contributed by atoms with Crippen molar-refractivity contribution >= 4 is 40.0 Å². The van der Waals surface area contributed by atoms with Crippen LogP contribution in [0.1, 0.15) is 19.4 Å². The lowest BCUT2D eigenvalue weighted by Gasteiger charge is -2.12. The number of nitrogens with one attached hydrogen (secondary N) is 2. The molecule has 0 aliphatic carbocycles. The number of hydrogen-bond donors (Lipinski definition) is 2. The lowest BCUT2D eigenvalue weighted by atomic mass is 10.2. The van der Waals surface area contributed by atoms with Gasteiger partial charge in [-0.05, 0) is 60.7 Å². The minimum Gasteiger partial charge on any atom is -0.367 e. The SMILES string of the molecule is CC(C)Nc1nc(Nc2ccc(C#N)cc2)ncc1I. The van der Waals surface area contributed by atoms with Crippen LogP contribution in [-0.4, -0.2) is 16.0 Å². The molecule has 0 unspecified atom stereocenters. The molecule has 0 fully saturated rings. The Morgan fingerprint density at radius 1 is 1.25 bits per heavy atom. The second kappa shape index (κ2) is 6.52. The summed E-state index contributed by atoms with van der Waals surface area (Å²) in [6.07, 6.45) is 1.77. The molecule has 20 heavy (non-hydrogen) atoms. The third kappa shape index (κ3) is 3.81.